The zero-order valence-electron chi connectivity index (χ0n) is 12.0. The first-order valence-electron chi connectivity index (χ1n) is 7.44. The third-order valence-corrected chi connectivity index (χ3v) is 4.36. The number of hydrogen-bond donors (Lipinski definition) is 1. The van der Waals surface area contributed by atoms with Crippen molar-refractivity contribution in [2.45, 2.75) is 19.3 Å². The molecule has 0 spiro atoms. The number of likely N-dealkylation sites (tertiary alicyclic amines) is 1. The van der Waals surface area contributed by atoms with Crippen molar-refractivity contribution in [3.8, 4) is 5.75 Å². The van der Waals surface area contributed by atoms with Gasteiger partial charge in [0, 0.05) is 13.1 Å². The second-order valence-corrected chi connectivity index (χ2v) is 5.85. The number of carbonyl (C=O) groups excluding carboxylic acids is 2. The number of hydrogen-bond acceptors (Lipinski definition) is 3. The molecule has 0 radical (unpaired) electrons. The van der Waals surface area contributed by atoms with Gasteiger partial charge in [-0.3, -0.25) is 9.59 Å². The lowest BCUT2D eigenvalue weighted by Crippen LogP contribution is -2.48. The quantitative estimate of drug-likeness (QED) is 0.881. The van der Waals surface area contributed by atoms with Crippen LogP contribution in [0.3, 0.4) is 0 Å². The number of nitrogens with two attached hydrogens (primary N) is 1. The van der Waals surface area contributed by atoms with Crippen molar-refractivity contribution in [3.05, 3.63) is 29.8 Å². The fourth-order valence-electron chi connectivity index (χ4n) is 3.15. The molecule has 2 atom stereocenters. The molecule has 1 saturated heterocycles. The van der Waals surface area contributed by atoms with Crippen LogP contribution in [-0.2, 0) is 16.0 Å². The van der Waals surface area contributed by atoms with Crippen molar-refractivity contribution in [1.82, 2.24) is 4.90 Å². The SMILES string of the molecule is NC(=O)C1CCCN(C(=O)C2COc3ccccc3C2)C1. The number of ether oxygens (including phenoxy) is 1. The van der Waals surface area contributed by atoms with E-state index in [0.717, 1.165) is 24.2 Å². The van der Waals surface area contributed by atoms with Gasteiger partial charge in [0.15, 0.2) is 0 Å². The lowest BCUT2D eigenvalue weighted by atomic mass is 9.92. The first kappa shape index (κ1) is 13.9. The van der Waals surface area contributed by atoms with E-state index in [4.69, 9.17) is 10.5 Å². The van der Waals surface area contributed by atoms with E-state index in [2.05, 4.69) is 0 Å². The Hall–Kier alpha value is -2.04. The number of carbonyl (C=O) groups is 2. The first-order chi connectivity index (χ1) is 10.1. The number of rotatable bonds is 2. The molecule has 2 amide bonds. The second kappa shape index (κ2) is 5.76. The molecule has 0 saturated carbocycles. The van der Waals surface area contributed by atoms with Crippen molar-refractivity contribution in [2.75, 3.05) is 19.7 Å². The average Bonchev–Trinajstić information content (AvgIpc) is 2.53. The lowest BCUT2D eigenvalue weighted by molar-refractivity contribution is -0.140. The molecule has 112 valence electrons. The van der Waals surface area contributed by atoms with Gasteiger partial charge in [-0.05, 0) is 30.9 Å². The third-order valence-electron chi connectivity index (χ3n) is 4.36. The highest BCUT2D eigenvalue weighted by Crippen LogP contribution is 2.28. The number of piperidine rings is 1. The molecule has 2 N–H and O–H groups in total. The largest absolute Gasteiger partial charge is 0.492 e. The van der Waals surface area contributed by atoms with Crippen LogP contribution < -0.4 is 10.5 Å². The van der Waals surface area contributed by atoms with Crippen LogP contribution in [0.1, 0.15) is 18.4 Å². The van der Waals surface area contributed by atoms with E-state index >= 15 is 0 Å². The monoisotopic (exact) mass is 288 g/mol. The van der Waals surface area contributed by atoms with Gasteiger partial charge in [-0.1, -0.05) is 18.2 Å². The van der Waals surface area contributed by atoms with E-state index in [0.29, 0.717) is 26.1 Å². The van der Waals surface area contributed by atoms with E-state index in [1.54, 1.807) is 4.90 Å². The summed E-state index contributed by atoms with van der Waals surface area (Å²) < 4.78 is 5.68. The number of para-hydroxylation sites is 1. The van der Waals surface area contributed by atoms with Crippen molar-refractivity contribution < 1.29 is 14.3 Å². The van der Waals surface area contributed by atoms with Gasteiger partial charge in [-0.25, -0.2) is 0 Å². The highest BCUT2D eigenvalue weighted by molar-refractivity contribution is 5.82. The molecule has 3 rings (SSSR count). The minimum absolute atomic E-state index is 0.0791. The summed E-state index contributed by atoms with van der Waals surface area (Å²) in [5.74, 6) is 0.273. The maximum Gasteiger partial charge on any atom is 0.229 e. The van der Waals surface area contributed by atoms with Crippen LogP contribution in [0.5, 0.6) is 5.75 Å². The van der Waals surface area contributed by atoms with E-state index in [1.165, 1.54) is 0 Å². The minimum Gasteiger partial charge on any atom is -0.492 e. The summed E-state index contributed by atoms with van der Waals surface area (Å²) in [5.41, 5.74) is 6.44. The number of benzene rings is 1. The predicted octanol–water partition coefficient (Wildman–Crippen LogP) is 0.962. The van der Waals surface area contributed by atoms with Gasteiger partial charge < -0.3 is 15.4 Å². The van der Waals surface area contributed by atoms with E-state index < -0.39 is 0 Å². The summed E-state index contributed by atoms with van der Waals surface area (Å²) >= 11 is 0. The lowest BCUT2D eigenvalue weighted by Gasteiger charge is -2.35. The standard InChI is InChI=1S/C16H20N2O3/c17-15(19)12-5-3-7-18(9-12)16(20)13-8-11-4-1-2-6-14(11)21-10-13/h1-2,4,6,12-13H,3,5,7-10H2,(H2,17,19). The summed E-state index contributed by atoms with van der Waals surface area (Å²) in [4.78, 5) is 25.7. The molecular weight excluding hydrogens is 268 g/mol. The molecule has 2 aliphatic heterocycles. The summed E-state index contributed by atoms with van der Waals surface area (Å²) in [6, 6.07) is 7.82. The maximum atomic E-state index is 12.6. The Balaban J connectivity index is 1.67. The molecule has 0 aromatic heterocycles. The Morgan fingerprint density at radius 1 is 1.24 bits per heavy atom. The molecule has 1 aromatic rings. The molecule has 1 fully saturated rings. The van der Waals surface area contributed by atoms with Crippen LogP contribution in [-0.4, -0.2) is 36.4 Å². The van der Waals surface area contributed by atoms with Gasteiger partial charge in [0.2, 0.25) is 11.8 Å². The number of fused-ring (bicyclic) bond motifs is 1. The fraction of sp³-hybridized carbons (Fsp3) is 0.500. The summed E-state index contributed by atoms with van der Waals surface area (Å²) in [6.45, 7) is 1.57. The van der Waals surface area contributed by atoms with E-state index in [1.807, 2.05) is 24.3 Å². The average molecular weight is 288 g/mol. The molecule has 0 bridgehead atoms. The topological polar surface area (TPSA) is 72.6 Å². The Bertz CT molecular complexity index is 558. The van der Waals surface area contributed by atoms with Crippen molar-refractivity contribution in [2.24, 2.45) is 17.6 Å². The van der Waals surface area contributed by atoms with Gasteiger partial charge in [-0.15, -0.1) is 0 Å². The van der Waals surface area contributed by atoms with Crippen LogP contribution in [0.15, 0.2) is 24.3 Å². The summed E-state index contributed by atoms with van der Waals surface area (Å²) in [5, 5.41) is 0. The molecule has 5 heteroatoms. The minimum atomic E-state index is -0.308. The van der Waals surface area contributed by atoms with Crippen LogP contribution in [0.4, 0.5) is 0 Å². The highest BCUT2D eigenvalue weighted by atomic mass is 16.5. The highest BCUT2D eigenvalue weighted by Gasteiger charge is 2.33. The predicted molar refractivity (Wildman–Crippen MR) is 77.6 cm³/mol. The van der Waals surface area contributed by atoms with Crippen LogP contribution in [0.2, 0.25) is 0 Å². The van der Waals surface area contributed by atoms with Crippen molar-refractivity contribution in [3.63, 3.8) is 0 Å². The molecule has 0 aliphatic carbocycles. The summed E-state index contributed by atoms with van der Waals surface area (Å²) in [6.07, 6.45) is 2.32. The Labute approximate surface area is 124 Å². The zero-order valence-corrected chi connectivity index (χ0v) is 12.0. The fourth-order valence-corrected chi connectivity index (χ4v) is 3.15. The van der Waals surface area contributed by atoms with Crippen molar-refractivity contribution >= 4 is 11.8 Å². The van der Waals surface area contributed by atoms with E-state index in [9.17, 15) is 9.59 Å². The zero-order chi connectivity index (χ0) is 14.8. The summed E-state index contributed by atoms with van der Waals surface area (Å²) in [7, 11) is 0. The number of amides is 2. The van der Waals surface area contributed by atoms with Gasteiger partial charge >= 0.3 is 0 Å². The smallest absolute Gasteiger partial charge is 0.229 e. The van der Waals surface area contributed by atoms with Gasteiger partial charge in [0.1, 0.15) is 12.4 Å². The first-order valence-corrected chi connectivity index (χ1v) is 7.44. The molecule has 21 heavy (non-hydrogen) atoms. The molecule has 2 heterocycles. The van der Waals surface area contributed by atoms with Crippen molar-refractivity contribution in [1.29, 1.82) is 0 Å². The maximum absolute atomic E-state index is 12.6. The number of primary amides is 1. The molecule has 1 aromatic carbocycles. The molecule has 5 nitrogen and oxygen atoms in total. The second-order valence-electron chi connectivity index (χ2n) is 5.85. The van der Waals surface area contributed by atoms with Gasteiger partial charge in [0.05, 0.1) is 11.8 Å². The number of nitrogens with zero attached hydrogens (tertiary/aromatic N) is 1. The van der Waals surface area contributed by atoms with Gasteiger partial charge in [-0.2, -0.15) is 0 Å². The molecule has 2 aliphatic rings. The molecular formula is C16H20N2O3. The van der Waals surface area contributed by atoms with Crippen LogP contribution >= 0.6 is 0 Å². The van der Waals surface area contributed by atoms with Crippen LogP contribution in [0.25, 0.3) is 0 Å². The Morgan fingerprint density at radius 2 is 2.05 bits per heavy atom. The normalized spacial score (nSPS) is 24.9. The van der Waals surface area contributed by atoms with Gasteiger partial charge in [0.25, 0.3) is 0 Å². The van der Waals surface area contributed by atoms with E-state index in [-0.39, 0.29) is 23.7 Å². The Morgan fingerprint density at radius 3 is 2.86 bits per heavy atom. The third kappa shape index (κ3) is 2.86. The van der Waals surface area contributed by atoms with Crippen LogP contribution in [0, 0.1) is 11.8 Å². The molecule has 2 unspecified atom stereocenters. The Kier molecular flexibility index (Phi) is 3.82.